The van der Waals surface area contributed by atoms with E-state index in [0.29, 0.717) is 17.7 Å². The highest BCUT2D eigenvalue weighted by Crippen LogP contribution is 2.32. The van der Waals surface area contributed by atoms with Crippen LogP contribution in [0.15, 0.2) is 42.5 Å². The first-order valence-corrected chi connectivity index (χ1v) is 7.65. The molecule has 1 amide bonds. The zero-order chi connectivity index (χ0) is 18.6. The fourth-order valence-corrected chi connectivity index (χ4v) is 2.43. The molecule has 0 atom stereocenters. The summed E-state index contributed by atoms with van der Waals surface area (Å²) in [6.45, 7) is 0.604. The molecular weight excluding hydrogens is 331 g/mol. The third-order valence-corrected chi connectivity index (χ3v) is 3.50. The standard InChI is InChI=1S/C18H20F3N3O/c1-24(2)11-12-4-3-5-14(6-12)17(25)23-16-8-13(10-22)7-15(9-16)18(19,20)21/h3-9H,10-11,22H2,1-2H3,(H,23,25). The largest absolute Gasteiger partial charge is 0.416 e. The Labute approximate surface area is 144 Å². The van der Waals surface area contributed by atoms with Gasteiger partial charge in [-0.05, 0) is 55.6 Å². The van der Waals surface area contributed by atoms with Crippen molar-refractivity contribution in [3.05, 3.63) is 64.7 Å². The van der Waals surface area contributed by atoms with E-state index in [1.165, 1.54) is 6.07 Å². The summed E-state index contributed by atoms with van der Waals surface area (Å²) in [6.07, 6.45) is -4.50. The highest BCUT2D eigenvalue weighted by atomic mass is 19.4. The highest BCUT2D eigenvalue weighted by molar-refractivity contribution is 6.04. The second kappa shape index (κ2) is 7.67. The van der Waals surface area contributed by atoms with Crippen molar-refractivity contribution in [3.8, 4) is 0 Å². The molecule has 0 radical (unpaired) electrons. The minimum atomic E-state index is -4.50. The van der Waals surface area contributed by atoms with Gasteiger partial charge in [0.15, 0.2) is 0 Å². The maximum Gasteiger partial charge on any atom is 0.416 e. The Kier molecular flexibility index (Phi) is 5.81. The number of hydrogen-bond acceptors (Lipinski definition) is 3. The van der Waals surface area contributed by atoms with Crippen molar-refractivity contribution in [3.63, 3.8) is 0 Å². The van der Waals surface area contributed by atoms with Crippen molar-refractivity contribution in [2.75, 3.05) is 19.4 Å². The smallest absolute Gasteiger partial charge is 0.326 e. The number of nitrogens with one attached hydrogen (secondary N) is 1. The van der Waals surface area contributed by atoms with Crippen LogP contribution in [0.2, 0.25) is 0 Å². The quantitative estimate of drug-likeness (QED) is 0.867. The number of rotatable bonds is 5. The number of amides is 1. The zero-order valence-electron chi connectivity index (χ0n) is 14.0. The van der Waals surface area contributed by atoms with E-state index in [0.717, 1.165) is 17.7 Å². The summed E-state index contributed by atoms with van der Waals surface area (Å²) in [6, 6.07) is 10.3. The van der Waals surface area contributed by atoms with Gasteiger partial charge in [0.05, 0.1) is 5.56 Å². The summed E-state index contributed by atoms with van der Waals surface area (Å²) in [4.78, 5) is 14.3. The monoisotopic (exact) mass is 351 g/mol. The first-order chi connectivity index (χ1) is 11.7. The molecule has 0 aromatic heterocycles. The summed E-state index contributed by atoms with van der Waals surface area (Å²) in [5.74, 6) is -0.470. The summed E-state index contributed by atoms with van der Waals surface area (Å²) in [7, 11) is 3.81. The molecular formula is C18H20F3N3O. The number of carbonyl (C=O) groups is 1. The van der Waals surface area contributed by atoms with Crippen LogP contribution in [0.3, 0.4) is 0 Å². The Morgan fingerprint density at radius 2 is 1.84 bits per heavy atom. The number of carbonyl (C=O) groups excluding carboxylic acids is 1. The van der Waals surface area contributed by atoms with E-state index in [-0.39, 0.29) is 12.2 Å². The van der Waals surface area contributed by atoms with E-state index in [9.17, 15) is 18.0 Å². The SMILES string of the molecule is CN(C)Cc1cccc(C(=O)Nc2cc(CN)cc(C(F)(F)F)c2)c1. The van der Waals surface area contributed by atoms with Gasteiger partial charge in [-0.2, -0.15) is 13.2 Å². The average molecular weight is 351 g/mol. The molecule has 0 fully saturated rings. The van der Waals surface area contributed by atoms with Crippen LogP contribution in [0, 0.1) is 0 Å². The van der Waals surface area contributed by atoms with Gasteiger partial charge in [0, 0.05) is 24.3 Å². The Morgan fingerprint density at radius 1 is 1.12 bits per heavy atom. The molecule has 0 unspecified atom stereocenters. The van der Waals surface area contributed by atoms with Crippen molar-refractivity contribution in [2.24, 2.45) is 5.73 Å². The van der Waals surface area contributed by atoms with Crippen molar-refractivity contribution in [1.82, 2.24) is 4.90 Å². The van der Waals surface area contributed by atoms with E-state index in [2.05, 4.69) is 5.32 Å². The maximum absolute atomic E-state index is 13.0. The van der Waals surface area contributed by atoms with Gasteiger partial charge in [-0.15, -0.1) is 0 Å². The molecule has 0 aliphatic rings. The van der Waals surface area contributed by atoms with Gasteiger partial charge in [0.2, 0.25) is 0 Å². The van der Waals surface area contributed by atoms with Crippen molar-refractivity contribution in [1.29, 1.82) is 0 Å². The molecule has 0 aliphatic heterocycles. The van der Waals surface area contributed by atoms with Crippen LogP contribution in [-0.2, 0) is 19.3 Å². The van der Waals surface area contributed by atoms with Crippen LogP contribution >= 0.6 is 0 Å². The minimum absolute atomic E-state index is 0.0505. The average Bonchev–Trinajstić information content (AvgIpc) is 2.53. The third kappa shape index (κ3) is 5.30. The molecule has 7 heteroatoms. The Hall–Kier alpha value is -2.38. The Bertz CT molecular complexity index is 757. The zero-order valence-corrected chi connectivity index (χ0v) is 14.0. The molecule has 2 aromatic rings. The van der Waals surface area contributed by atoms with Gasteiger partial charge in [0.1, 0.15) is 0 Å². The van der Waals surface area contributed by atoms with Gasteiger partial charge in [0.25, 0.3) is 5.91 Å². The first kappa shape index (κ1) is 19.0. The van der Waals surface area contributed by atoms with E-state index >= 15 is 0 Å². The van der Waals surface area contributed by atoms with Crippen LogP contribution in [0.4, 0.5) is 18.9 Å². The summed E-state index contributed by atoms with van der Waals surface area (Å²) >= 11 is 0. The lowest BCUT2D eigenvalue weighted by Crippen LogP contribution is -2.15. The van der Waals surface area contributed by atoms with E-state index in [4.69, 9.17) is 5.73 Å². The topological polar surface area (TPSA) is 58.4 Å². The van der Waals surface area contributed by atoms with Crippen LogP contribution < -0.4 is 11.1 Å². The molecule has 0 heterocycles. The number of alkyl halides is 3. The summed E-state index contributed by atoms with van der Waals surface area (Å²) in [5, 5.41) is 2.52. The number of benzene rings is 2. The Balaban J connectivity index is 2.25. The van der Waals surface area contributed by atoms with Crippen LogP contribution in [-0.4, -0.2) is 24.9 Å². The molecule has 0 saturated carbocycles. The second-order valence-electron chi connectivity index (χ2n) is 6.01. The number of halogens is 3. The lowest BCUT2D eigenvalue weighted by molar-refractivity contribution is -0.137. The molecule has 3 N–H and O–H groups in total. The predicted molar refractivity (Wildman–Crippen MR) is 91.1 cm³/mol. The van der Waals surface area contributed by atoms with Crippen LogP contribution in [0.25, 0.3) is 0 Å². The number of anilines is 1. The summed E-state index contributed by atoms with van der Waals surface area (Å²) in [5.41, 5.74) is 6.29. The molecule has 2 aromatic carbocycles. The molecule has 0 spiro atoms. The summed E-state index contributed by atoms with van der Waals surface area (Å²) < 4.78 is 38.9. The normalized spacial score (nSPS) is 11.6. The maximum atomic E-state index is 13.0. The Morgan fingerprint density at radius 3 is 2.44 bits per heavy atom. The van der Waals surface area contributed by atoms with Gasteiger partial charge >= 0.3 is 6.18 Å². The molecule has 0 bridgehead atoms. The number of nitrogens with two attached hydrogens (primary N) is 1. The highest BCUT2D eigenvalue weighted by Gasteiger charge is 2.31. The van der Waals surface area contributed by atoms with Crippen LogP contribution in [0.1, 0.15) is 27.0 Å². The predicted octanol–water partition coefficient (Wildman–Crippen LogP) is 3.48. The number of hydrogen-bond donors (Lipinski definition) is 2. The van der Waals surface area contributed by atoms with E-state index < -0.39 is 17.6 Å². The molecule has 4 nitrogen and oxygen atoms in total. The molecule has 134 valence electrons. The minimum Gasteiger partial charge on any atom is -0.326 e. The van der Waals surface area contributed by atoms with E-state index in [1.54, 1.807) is 18.2 Å². The van der Waals surface area contributed by atoms with E-state index in [1.807, 2.05) is 25.1 Å². The molecule has 25 heavy (non-hydrogen) atoms. The number of nitrogens with zero attached hydrogens (tertiary/aromatic N) is 1. The third-order valence-electron chi connectivity index (χ3n) is 3.50. The fraction of sp³-hybridized carbons (Fsp3) is 0.278. The van der Waals surface area contributed by atoms with Crippen molar-refractivity contribution >= 4 is 11.6 Å². The van der Waals surface area contributed by atoms with Gasteiger partial charge in [-0.1, -0.05) is 12.1 Å². The van der Waals surface area contributed by atoms with Crippen molar-refractivity contribution in [2.45, 2.75) is 19.3 Å². The lowest BCUT2D eigenvalue weighted by Gasteiger charge is -2.13. The second-order valence-corrected chi connectivity index (χ2v) is 6.01. The lowest BCUT2D eigenvalue weighted by atomic mass is 10.1. The fourth-order valence-electron chi connectivity index (χ4n) is 2.43. The van der Waals surface area contributed by atoms with Crippen LogP contribution in [0.5, 0.6) is 0 Å². The molecule has 0 saturated heterocycles. The van der Waals surface area contributed by atoms with Gasteiger partial charge in [-0.3, -0.25) is 4.79 Å². The molecule has 2 rings (SSSR count). The van der Waals surface area contributed by atoms with Crippen molar-refractivity contribution < 1.29 is 18.0 Å². The van der Waals surface area contributed by atoms with Gasteiger partial charge in [-0.25, -0.2) is 0 Å². The first-order valence-electron chi connectivity index (χ1n) is 7.65. The van der Waals surface area contributed by atoms with Gasteiger partial charge < -0.3 is 16.0 Å². The molecule has 0 aliphatic carbocycles.